The Balaban J connectivity index is 2.11. The number of rotatable bonds is 3. The van der Waals surface area contributed by atoms with Crippen molar-refractivity contribution in [2.24, 2.45) is 0 Å². The molecule has 0 spiro atoms. The van der Waals surface area contributed by atoms with Crippen LogP contribution in [0.3, 0.4) is 0 Å². The second kappa shape index (κ2) is 6.44. The first kappa shape index (κ1) is 15.8. The molecule has 21 heavy (non-hydrogen) atoms. The van der Waals surface area contributed by atoms with E-state index >= 15 is 0 Å². The minimum atomic E-state index is -0.603. The molecule has 2 rings (SSSR count). The quantitative estimate of drug-likeness (QED) is 0.894. The van der Waals surface area contributed by atoms with Crippen molar-refractivity contribution >= 4 is 23.2 Å². The van der Waals surface area contributed by atoms with Gasteiger partial charge in [0.15, 0.2) is 0 Å². The van der Waals surface area contributed by atoms with Crippen LogP contribution in [0.4, 0.5) is 5.69 Å². The Labute approximate surface area is 129 Å². The summed E-state index contributed by atoms with van der Waals surface area (Å²) in [6, 6.07) is 6.92. The van der Waals surface area contributed by atoms with E-state index in [1.807, 2.05) is 19.9 Å². The molecule has 0 unspecified atom stereocenters. The number of carbonyl (C=O) groups is 1. The smallest absolute Gasteiger partial charge is 0.244 e. The first-order valence-electron chi connectivity index (χ1n) is 6.92. The van der Waals surface area contributed by atoms with Crippen LogP contribution in [0.2, 0.25) is 5.02 Å². The van der Waals surface area contributed by atoms with Gasteiger partial charge in [-0.05, 0) is 32.0 Å². The molecule has 2 N–H and O–H groups in total. The molecule has 1 amide bonds. The van der Waals surface area contributed by atoms with Crippen molar-refractivity contribution in [3.63, 3.8) is 0 Å². The van der Waals surface area contributed by atoms with Gasteiger partial charge in [-0.25, -0.2) is 0 Å². The van der Waals surface area contributed by atoms with Crippen molar-refractivity contribution < 1.29 is 4.79 Å². The largest absolute Gasteiger partial charge is 0.324 e. The third-order valence-corrected chi connectivity index (χ3v) is 4.14. The highest BCUT2D eigenvalue weighted by Gasteiger charge is 2.35. The number of nitrogens with zero attached hydrogens (tertiary/aromatic N) is 2. The number of amides is 1. The van der Waals surface area contributed by atoms with E-state index in [1.165, 1.54) is 0 Å². The molecular weight excluding hydrogens is 288 g/mol. The number of carbonyl (C=O) groups excluding carboxylic acids is 1. The van der Waals surface area contributed by atoms with Crippen molar-refractivity contribution in [1.29, 1.82) is 5.26 Å². The van der Waals surface area contributed by atoms with E-state index in [-0.39, 0.29) is 5.91 Å². The molecule has 0 aliphatic carbocycles. The molecule has 1 fully saturated rings. The van der Waals surface area contributed by atoms with Crippen LogP contribution in [0.25, 0.3) is 0 Å². The molecule has 112 valence electrons. The minimum Gasteiger partial charge on any atom is -0.324 e. The van der Waals surface area contributed by atoms with Crippen molar-refractivity contribution in [1.82, 2.24) is 10.2 Å². The number of hydrogen-bond donors (Lipinski definition) is 2. The van der Waals surface area contributed by atoms with E-state index in [2.05, 4.69) is 15.5 Å². The van der Waals surface area contributed by atoms with Crippen LogP contribution in [0, 0.1) is 11.3 Å². The van der Waals surface area contributed by atoms with Gasteiger partial charge in [0.25, 0.3) is 0 Å². The van der Waals surface area contributed by atoms with Crippen LogP contribution < -0.4 is 10.6 Å². The summed E-state index contributed by atoms with van der Waals surface area (Å²) in [5, 5.41) is 15.5. The molecule has 0 saturated carbocycles. The fraction of sp³-hybridized carbons (Fsp3) is 0.467. The monoisotopic (exact) mass is 306 g/mol. The zero-order chi connectivity index (χ0) is 15.5. The van der Waals surface area contributed by atoms with E-state index in [4.69, 9.17) is 16.9 Å². The van der Waals surface area contributed by atoms with Gasteiger partial charge in [-0.2, -0.15) is 5.26 Å². The zero-order valence-corrected chi connectivity index (χ0v) is 13.0. The molecule has 1 saturated heterocycles. The molecule has 0 radical (unpaired) electrons. The Morgan fingerprint density at radius 3 is 2.71 bits per heavy atom. The number of anilines is 1. The lowest BCUT2D eigenvalue weighted by Gasteiger charge is -2.39. The third kappa shape index (κ3) is 3.53. The van der Waals surface area contributed by atoms with Crippen LogP contribution in [-0.2, 0) is 4.79 Å². The topological polar surface area (TPSA) is 68.2 Å². The summed E-state index contributed by atoms with van der Waals surface area (Å²) in [5.41, 5.74) is 0.341. The predicted molar refractivity (Wildman–Crippen MR) is 83.3 cm³/mol. The fourth-order valence-electron chi connectivity index (χ4n) is 2.34. The first-order chi connectivity index (χ1) is 9.95. The Hall–Kier alpha value is -1.61. The van der Waals surface area contributed by atoms with Crippen LogP contribution in [-0.4, -0.2) is 42.5 Å². The van der Waals surface area contributed by atoms with Crippen molar-refractivity contribution in [2.75, 3.05) is 31.5 Å². The summed E-state index contributed by atoms with van der Waals surface area (Å²) in [4.78, 5) is 14.7. The highest BCUT2D eigenvalue weighted by Crippen LogP contribution is 2.22. The Kier molecular flexibility index (Phi) is 4.84. The molecule has 1 heterocycles. The van der Waals surface area contributed by atoms with Crippen molar-refractivity contribution in [3.05, 3.63) is 28.8 Å². The highest BCUT2D eigenvalue weighted by atomic mass is 35.5. The minimum absolute atomic E-state index is 0.0874. The van der Waals surface area contributed by atoms with Gasteiger partial charge in [-0.3, -0.25) is 9.69 Å². The molecule has 6 heteroatoms. The van der Waals surface area contributed by atoms with E-state index < -0.39 is 5.54 Å². The maximum absolute atomic E-state index is 12.5. The van der Waals surface area contributed by atoms with Crippen LogP contribution in [0.15, 0.2) is 18.2 Å². The summed E-state index contributed by atoms with van der Waals surface area (Å²) in [5.74, 6) is -0.0874. The maximum Gasteiger partial charge on any atom is 0.244 e. The lowest BCUT2D eigenvalue weighted by molar-refractivity contribution is -0.126. The number of piperazine rings is 1. The van der Waals surface area contributed by atoms with Gasteiger partial charge >= 0.3 is 0 Å². The lowest BCUT2D eigenvalue weighted by atomic mass is 10.00. The SMILES string of the molecule is CC(C)(C(=O)Nc1ccc(Cl)c(C#N)c1)N1CCNCC1. The normalized spacial score (nSPS) is 16.3. The average molecular weight is 307 g/mol. The van der Waals surface area contributed by atoms with E-state index in [0.29, 0.717) is 16.3 Å². The molecule has 1 aromatic carbocycles. The van der Waals surface area contributed by atoms with Crippen LogP contribution >= 0.6 is 11.6 Å². The fourth-order valence-corrected chi connectivity index (χ4v) is 2.50. The summed E-state index contributed by atoms with van der Waals surface area (Å²) < 4.78 is 0. The summed E-state index contributed by atoms with van der Waals surface area (Å²) in [6.07, 6.45) is 0. The Morgan fingerprint density at radius 2 is 2.10 bits per heavy atom. The summed E-state index contributed by atoms with van der Waals surface area (Å²) >= 11 is 5.89. The van der Waals surface area contributed by atoms with E-state index in [1.54, 1.807) is 18.2 Å². The predicted octanol–water partition coefficient (Wildman–Crippen LogP) is 1.83. The highest BCUT2D eigenvalue weighted by molar-refractivity contribution is 6.31. The van der Waals surface area contributed by atoms with E-state index in [0.717, 1.165) is 26.2 Å². The number of nitriles is 1. The molecule has 0 atom stereocenters. The summed E-state index contributed by atoms with van der Waals surface area (Å²) in [7, 11) is 0. The average Bonchev–Trinajstić information content (AvgIpc) is 2.50. The number of halogens is 1. The van der Waals surface area contributed by atoms with Gasteiger partial charge in [0, 0.05) is 31.9 Å². The summed E-state index contributed by atoms with van der Waals surface area (Å²) in [6.45, 7) is 7.27. The third-order valence-electron chi connectivity index (χ3n) is 3.81. The number of nitrogens with one attached hydrogen (secondary N) is 2. The molecule has 1 aromatic rings. The molecular formula is C15H19ClN4O. The molecule has 0 bridgehead atoms. The molecule has 0 aromatic heterocycles. The van der Waals surface area contributed by atoms with Crippen LogP contribution in [0.5, 0.6) is 0 Å². The number of benzene rings is 1. The standard InChI is InChI=1S/C15H19ClN4O/c1-15(2,20-7-5-18-6-8-20)14(21)19-12-3-4-13(16)11(9-12)10-17/h3-4,9,18H,5-8H2,1-2H3,(H,19,21). The van der Waals surface area contributed by atoms with Crippen molar-refractivity contribution in [2.45, 2.75) is 19.4 Å². The molecule has 5 nitrogen and oxygen atoms in total. The maximum atomic E-state index is 12.5. The van der Waals surface area contributed by atoms with Crippen molar-refractivity contribution in [3.8, 4) is 6.07 Å². The van der Waals surface area contributed by atoms with Crippen LogP contribution in [0.1, 0.15) is 19.4 Å². The molecule has 1 aliphatic heterocycles. The Bertz CT molecular complexity index is 574. The lowest BCUT2D eigenvalue weighted by Crippen LogP contribution is -2.58. The van der Waals surface area contributed by atoms with Gasteiger partial charge in [0.2, 0.25) is 5.91 Å². The second-order valence-corrected chi connectivity index (χ2v) is 5.96. The Morgan fingerprint density at radius 1 is 1.43 bits per heavy atom. The second-order valence-electron chi connectivity index (χ2n) is 5.56. The van der Waals surface area contributed by atoms with E-state index in [9.17, 15) is 4.79 Å². The van der Waals surface area contributed by atoms with Gasteiger partial charge < -0.3 is 10.6 Å². The van der Waals surface area contributed by atoms with Gasteiger partial charge in [0.05, 0.1) is 16.1 Å². The van der Waals surface area contributed by atoms with Gasteiger partial charge in [0.1, 0.15) is 6.07 Å². The molecule has 1 aliphatic rings. The zero-order valence-electron chi connectivity index (χ0n) is 12.2. The first-order valence-corrected chi connectivity index (χ1v) is 7.30. The van der Waals surface area contributed by atoms with Gasteiger partial charge in [-0.1, -0.05) is 11.6 Å². The number of hydrogen-bond acceptors (Lipinski definition) is 4. The van der Waals surface area contributed by atoms with Gasteiger partial charge in [-0.15, -0.1) is 0 Å².